The summed E-state index contributed by atoms with van der Waals surface area (Å²) in [4.78, 5) is 31.2. The minimum absolute atomic E-state index is 0.130. The van der Waals surface area contributed by atoms with E-state index in [0.29, 0.717) is 27.3 Å². The van der Waals surface area contributed by atoms with Crippen molar-refractivity contribution in [2.24, 2.45) is 0 Å². The summed E-state index contributed by atoms with van der Waals surface area (Å²) in [6, 6.07) is 10.7. The number of carbonyl (C=O) groups is 1. The van der Waals surface area contributed by atoms with Gasteiger partial charge in [-0.25, -0.2) is 4.98 Å². The van der Waals surface area contributed by atoms with E-state index >= 15 is 0 Å². The lowest BCUT2D eigenvalue weighted by atomic mass is 10.1. The molecule has 1 heterocycles. The molecule has 0 bridgehead atoms. The highest BCUT2D eigenvalue weighted by Gasteiger charge is 2.13. The Hall–Kier alpha value is -2.86. The fourth-order valence-corrected chi connectivity index (χ4v) is 3.21. The summed E-state index contributed by atoms with van der Waals surface area (Å²) in [6.45, 7) is 1.77. The molecule has 0 aliphatic heterocycles. The molecule has 0 spiro atoms. The lowest BCUT2D eigenvalue weighted by Crippen LogP contribution is -2.28. The molecular formula is C19H19ClN4O2. The van der Waals surface area contributed by atoms with Crippen molar-refractivity contribution in [1.29, 1.82) is 0 Å². The highest BCUT2D eigenvalue weighted by Crippen LogP contribution is 2.32. The predicted octanol–water partition coefficient (Wildman–Crippen LogP) is 3.06. The van der Waals surface area contributed by atoms with E-state index in [0.717, 1.165) is 5.56 Å². The molecule has 1 aromatic heterocycles. The van der Waals surface area contributed by atoms with Gasteiger partial charge in [0.05, 0.1) is 33.6 Å². The Labute approximate surface area is 156 Å². The Balaban J connectivity index is 1.88. The number of fused-ring (bicyclic) bond motifs is 1. The zero-order valence-electron chi connectivity index (χ0n) is 14.8. The van der Waals surface area contributed by atoms with Crippen LogP contribution in [0.2, 0.25) is 5.02 Å². The molecule has 134 valence electrons. The molecule has 0 fully saturated rings. The van der Waals surface area contributed by atoms with E-state index in [1.807, 2.05) is 32.0 Å². The Kier molecular flexibility index (Phi) is 4.95. The first-order chi connectivity index (χ1) is 12.4. The van der Waals surface area contributed by atoms with Crippen LogP contribution in [0.4, 0.5) is 11.4 Å². The molecule has 26 heavy (non-hydrogen) atoms. The number of carbonyl (C=O) groups excluding carboxylic acids is 1. The van der Waals surface area contributed by atoms with Gasteiger partial charge < -0.3 is 10.2 Å². The van der Waals surface area contributed by atoms with Crippen molar-refractivity contribution in [3.05, 3.63) is 63.7 Å². The molecule has 0 radical (unpaired) electrons. The largest absolute Gasteiger partial charge is 0.375 e. The van der Waals surface area contributed by atoms with Crippen LogP contribution < -0.4 is 15.8 Å². The fraction of sp³-hybridized carbons (Fsp3) is 0.211. The van der Waals surface area contributed by atoms with E-state index in [9.17, 15) is 9.59 Å². The third-order valence-corrected chi connectivity index (χ3v) is 4.38. The van der Waals surface area contributed by atoms with E-state index in [1.54, 1.807) is 30.3 Å². The van der Waals surface area contributed by atoms with Gasteiger partial charge in [-0.1, -0.05) is 29.8 Å². The number of para-hydroxylation sites is 2. The van der Waals surface area contributed by atoms with E-state index in [4.69, 9.17) is 11.6 Å². The van der Waals surface area contributed by atoms with Crippen molar-refractivity contribution < 1.29 is 4.79 Å². The van der Waals surface area contributed by atoms with Gasteiger partial charge in [-0.3, -0.25) is 14.2 Å². The molecule has 0 unspecified atom stereocenters. The highest BCUT2D eigenvalue weighted by atomic mass is 35.5. The van der Waals surface area contributed by atoms with Crippen LogP contribution in [-0.4, -0.2) is 29.6 Å². The first kappa shape index (κ1) is 17.9. The van der Waals surface area contributed by atoms with Crippen LogP contribution >= 0.6 is 11.6 Å². The van der Waals surface area contributed by atoms with Crippen LogP contribution in [-0.2, 0) is 11.3 Å². The Morgan fingerprint density at radius 1 is 1.23 bits per heavy atom. The van der Waals surface area contributed by atoms with Crippen molar-refractivity contribution in [2.75, 3.05) is 24.3 Å². The second-order valence-corrected chi connectivity index (χ2v) is 6.63. The molecule has 0 atom stereocenters. The molecular weight excluding hydrogens is 352 g/mol. The normalized spacial score (nSPS) is 10.8. The molecule has 6 nitrogen and oxygen atoms in total. The van der Waals surface area contributed by atoms with Gasteiger partial charge in [-0.2, -0.15) is 0 Å². The summed E-state index contributed by atoms with van der Waals surface area (Å²) < 4.78 is 1.30. The molecule has 1 N–H and O–H groups in total. The molecule has 0 saturated carbocycles. The van der Waals surface area contributed by atoms with Crippen molar-refractivity contribution in [2.45, 2.75) is 13.5 Å². The minimum Gasteiger partial charge on any atom is -0.375 e. The maximum Gasteiger partial charge on any atom is 0.261 e. The van der Waals surface area contributed by atoms with Gasteiger partial charge in [-0.15, -0.1) is 0 Å². The lowest BCUT2D eigenvalue weighted by Gasteiger charge is -2.19. The van der Waals surface area contributed by atoms with Crippen molar-refractivity contribution in [3.63, 3.8) is 0 Å². The Morgan fingerprint density at radius 3 is 2.69 bits per heavy atom. The number of rotatable bonds is 4. The van der Waals surface area contributed by atoms with Crippen LogP contribution in [0.25, 0.3) is 10.9 Å². The average molecular weight is 371 g/mol. The van der Waals surface area contributed by atoms with Gasteiger partial charge in [0.1, 0.15) is 6.54 Å². The number of nitrogens with one attached hydrogen (secondary N) is 1. The summed E-state index contributed by atoms with van der Waals surface area (Å²) in [5.41, 5.74) is 2.63. The Morgan fingerprint density at radius 2 is 1.96 bits per heavy atom. The minimum atomic E-state index is -0.328. The number of anilines is 2. The molecule has 3 rings (SSSR count). The van der Waals surface area contributed by atoms with E-state index in [2.05, 4.69) is 10.3 Å². The number of nitrogens with zero attached hydrogens (tertiary/aromatic N) is 3. The standard InChI is InChI=1S/C19H19ClN4O2/c1-12-6-4-7-13-17(12)21-11-24(19(13)26)10-16(25)22-15-9-5-8-14(20)18(15)23(2)3/h4-9,11H,10H2,1-3H3,(H,22,25). The van der Waals surface area contributed by atoms with Crippen LogP contribution in [0.1, 0.15) is 5.56 Å². The van der Waals surface area contributed by atoms with Gasteiger partial charge in [-0.05, 0) is 30.7 Å². The summed E-state index contributed by atoms with van der Waals surface area (Å²) in [5.74, 6) is -0.328. The number of aryl methyl sites for hydroxylation is 1. The zero-order chi connectivity index (χ0) is 18.8. The number of aromatic nitrogens is 2. The first-order valence-electron chi connectivity index (χ1n) is 8.09. The molecule has 0 aliphatic rings. The number of amides is 1. The van der Waals surface area contributed by atoms with Gasteiger partial charge in [0.25, 0.3) is 5.56 Å². The third-order valence-electron chi connectivity index (χ3n) is 4.08. The second-order valence-electron chi connectivity index (χ2n) is 6.23. The summed E-state index contributed by atoms with van der Waals surface area (Å²) in [7, 11) is 3.69. The van der Waals surface area contributed by atoms with Crippen LogP contribution in [0.5, 0.6) is 0 Å². The van der Waals surface area contributed by atoms with Gasteiger partial charge in [0, 0.05) is 14.1 Å². The quantitative estimate of drug-likeness (QED) is 0.766. The lowest BCUT2D eigenvalue weighted by molar-refractivity contribution is -0.116. The predicted molar refractivity (Wildman–Crippen MR) is 105 cm³/mol. The van der Waals surface area contributed by atoms with Gasteiger partial charge in [0.15, 0.2) is 0 Å². The molecule has 3 aromatic rings. The summed E-state index contributed by atoms with van der Waals surface area (Å²) >= 11 is 6.22. The highest BCUT2D eigenvalue weighted by molar-refractivity contribution is 6.34. The topological polar surface area (TPSA) is 67.2 Å². The maximum atomic E-state index is 12.6. The maximum absolute atomic E-state index is 12.6. The SMILES string of the molecule is Cc1cccc2c(=O)n(CC(=O)Nc3cccc(Cl)c3N(C)C)cnc12. The zero-order valence-corrected chi connectivity index (χ0v) is 15.5. The van der Waals surface area contributed by atoms with E-state index in [1.165, 1.54) is 10.9 Å². The molecule has 1 amide bonds. The van der Waals surface area contributed by atoms with Gasteiger partial charge >= 0.3 is 0 Å². The van der Waals surface area contributed by atoms with Crippen LogP contribution in [0.3, 0.4) is 0 Å². The number of hydrogen-bond donors (Lipinski definition) is 1. The van der Waals surface area contributed by atoms with Crippen LogP contribution in [0, 0.1) is 6.92 Å². The van der Waals surface area contributed by atoms with Crippen LogP contribution in [0.15, 0.2) is 47.5 Å². The monoisotopic (exact) mass is 370 g/mol. The first-order valence-corrected chi connectivity index (χ1v) is 8.46. The molecule has 7 heteroatoms. The fourth-order valence-electron chi connectivity index (χ4n) is 2.87. The summed E-state index contributed by atoms with van der Waals surface area (Å²) in [6.07, 6.45) is 1.40. The average Bonchev–Trinajstić information content (AvgIpc) is 2.57. The smallest absolute Gasteiger partial charge is 0.261 e. The molecule has 0 saturated heterocycles. The molecule has 0 aliphatic carbocycles. The van der Waals surface area contributed by atoms with Crippen molar-refractivity contribution in [1.82, 2.24) is 9.55 Å². The number of hydrogen-bond acceptors (Lipinski definition) is 4. The van der Waals surface area contributed by atoms with E-state index in [-0.39, 0.29) is 18.0 Å². The Bertz CT molecular complexity index is 1040. The van der Waals surface area contributed by atoms with E-state index < -0.39 is 0 Å². The summed E-state index contributed by atoms with van der Waals surface area (Å²) in [5, 5.41) is 3.85. The third kappa shape index (κ3) is 3.41. The van der Waals surface area contributed by atoms with Crippen molar-refractivity contribution in [3.8, 4) is 0 Å². The second kappa shape index (κ2) is 7.17. The van der Waals surface area contributed by atoms with Crippen molar-refractivity contribution >= 4 is 39.8 Å². The van der Waals surface area contributed by atoms with Gasteiger partial charge in [0.2, 0.25) is 5.91 Å². The number of benzene rings is 2. The molecule has 2 aromatic carbocycles. The number of halogens is 1.